The first-order chi connectivity index (χ1) is 11.1. The topological polar surface area (TPSA) is 63.3 Å². The van der Waals surface area contributed by atoms with E-state index >= 15 is 0 Å². The Morgan fingerprint density at radius 1 is 0.870 bits per heavy atom. The summed E-state index contributed by atoms with van der Waals surface area (Å²) >= 11 is 0. The Morgan fingerprint density at radius 3 is 1.96 bits per heavy atom. The molecule has 2 unspecified atom stereocenters. The zero-order valence-electron chi connectivity index (χ0n) is 15.7. The molecule has 0 saturated heterocycles. The predicted molar refractivity (Wildman–Crippen MR) is 99.7 cm³/mol. The van der Waals surface area contributed by atoms with Gasteiger partial charge in [0, 0.05) is 6.42 Å². The fraction of sp³-hybridized carbons (Fsp3) is 0.950. The lowest BCUT2D eigenvalue weighted by atomic mass is 9.84. The minimum absolute atomic E-state index is 0.340. The maximum Gasteiger partial charge on any atom is 0.303 e. The van der Waals surface area contributed by atoms with E-state index in [0.717, 1.165) is 25.8 Å². The zero-order valence-corrected chi connectivity index (χ0v) is 15.7. The van der Waals surface area contributed by atoms with Crippen LogP contribution in [0.2, 0.25) is 0 Å². The first-order valence-corrected chi connectivity index (χ1v) is 10.1. The smallest absolute Gasteiger partial charge is 0.303 e. The largest absolute Gasteiger partial charge is 0.481 e. The second-order valence-electron chi connectivity index (χ2n) is 7.17. The summed E-state index contributed by atoms with van der Waals surface area (Å²) in [6.45, 7) is 5.17. The van der Waals surface area contributed by atoms with E-state index in [-0.39, 0.29) is 0 Å². The summed E-state index contributed by atoms with van der Waals surface area (Å²) in [6.07, 6.45) is 16.6. The molecule has 3 N–H and O–H groups in total. The quantitative estimate of drug-likeness (QED) is 0.334. The molecule has 0 spiro atoms. The van der Waals surface area contributed by atoms with Crippen LogP contribution in [-0.4, -0.2) is 17.6 Å². The van der Waals surface area contributed by atoms with Crippen LogP contribution in [0, 0.1) is 11.8 Å². The molecule has 0 aromatic heterocycles. The van der Waals surface area contributed by atoms with Crippen molar-refractivity contribution in [3.8, 4) is 0 Å². The third kappa shape index (κ3) is 14.7. The molecule has 0 radical (unpaired) electrons. The van der Waals surface area contributed by atoms with Crippen LogP contribution in [-0.2, 0) is 4.79 Å². The van der Waals surface area contributed by atoms with Crippen molar-refractivity contribution < 1.29 is 9.90 Å². The summed E-state index contributed by atoms with van der Waals surface area (Å²) in [7, 11) is 0. The number of aliphatic carboxylic acids is 1. The second-order valence-corrected chi connectivity index (χ2v) is 7.17. The van der Waals surface area contributed by atoms with Gasteiger partial charge in [-0.2, -0.15) is 0 Å². The van der Waals surface area contributed by atoms with Crippen LogP contribution < -0.4 is 5.73 Å². The van der Waals surface area contributed by atoms with Crippen LogP contribution in [0.5, 0.6) is 0 Å². The fourth-order valence-electron chi connectivity index (χ4n) is 3.46. The van der Waals surface area contributed by atoms with E-state index in [1.807, 2.05) is 0 Å². The Bertz CT molecular complexity index is 268. The molecule has 138 valence electrons. The van der Waals surface area contributed by atoms with E-state index in [4.69, 9.17) is 10.8 Å². The summed E-state index contributed by atoms with van der Waals surface area (Å²) in [5.74, 6) is 0.425. The van der Waals surface area contributed by atoms with E-state index in [9.17, 15) is 4.79 Å². The van der Waals surface area contributed by atoms with Crippen LogP contribution >= 0.6 is 0 Å². The fourth-order valence-corrected chi connectivity index (χ4v) is 3.46. The molecule has 0 aliphatic heterocycles. The van der Waals surface area contributed by atoms with Gasteiger partial charge in [0.15, 0.2) is 0 Å². The molecule has 0 aromatic rings. The van der Waals surface area contributed by atoms with Crippen molar-refractivity contribution in [1.29, 1.82) is 0 Å². The van der Waals surface area contributed by atoms with Crippen molar-refractivity contribution in [1.82, 2.24) is 0 Å². The van der Waals surface area contributed by atoms with Gasteiger partial charge >= 0.3 is 5.97 Å². The van der Waals surface area contributed by atoms with Crippen molar-refractivity contribution >= 4 is 5.97 Å². The predicted octanol–water partition coefficient (Wildman–Crippen LogP) is 5.76. The van der Waals surface area contributed by atoms with Gasteiger partial charge in [0.25, 0.3) is 0 Å². The van der Waals surface area contributed by atoms with Crippen LogP contribution in [0.1, 0.15) is 104 Å². The molecule has 2 atom stereocenters. The first kappa shape index (κ1) is 22.4. The number of hydrogen-bond donors (Lipinski definition) is 2. The number of hydrogen-bond acceptors (Lipinski definition) is 2. The molecule has 0 rings (SSSR count). The molecule has 23 heavy (non-hydrogen) atoms. The molecule has 0 bridgehead atoms. The Morgan fingerprint density at radius 2 is 1.43 bits per heavy atom. The van der Waals surface area contributed by atoms with E-state index in [1.54, 1.807) is 0 Å². The highest BCUT2D eigenvalue weighted by Gasteiger charge is 2.17. The number of nitrogens with two attached hydrogens (primary N) is 1. The van der Waals surface area contributed by atoms with Crippen LogP contribution in [0.4, 0.5) is 0 Å². The monoisotopic (exact) mass is 327 g/mol. The van der Waals surface area contributed by atoms with Gasteiger partial charge in [0.2, 0.25) is 0 Å². The van der Waals surface area contributed by atoms with Crippen molar-refractivity contribution in [2.75, 3.05) is 6.54 Å². The maximum atomic E-state index is 11.0. The molecular formula is C20H41NO2. The van der Waals surface area contributed by atoms with E-state index in [2.05, 4.69) is 13.8 Å². The van der Waals surface area contributed by atoms with Crippen LogP contribution in [0.3, 0.4) is 0 Å². The Kier molecular flexibility index (Phi) is 15.9. The van der Waals surface area contributed by atoms with Crippen LogP contribution in [0.15, 0.2) is 0 Å². The molecule has 0 fully saturated rings. The van der Waals surface area contributed by atoms with Gasteiger partial charge in [-0.1, -0.05) is 84.5 Å². The Hall–Kier alpha value is -0.570. The molecule has 0 aliphatic rings. The van der Waals surface area contributed by atoms with Gasteiger partial charge in [-0.25, -0.2) is 0 Å². The van der Waals surface area contributed by atoms with Gasteiger partial charge < -0.3 is 10.8 Å². The zero-order chi connectivity index (χ0) is 17.3. The van der Waals surface area contributed by atoms with Crippen molar-refractivity contribution in [3.63, 3.8) is 0 Å². The minimum atomic E-state index is -0.640. The van der Waals surface area contributed by atoms with E-state index < -0.39 is 5.97 Å². The number of rotatable bonds is 17. The summed E-state index contributed by atoms with van der Waals surface area (Å²) in [4.78, 5) is 11.0. The number of unbranched alkanes of at least 4 members (excludes halogenated alkanes) is 7. The third-order valence-corrected chi connectivity index (χ3v) is 4.99. The third-order valence-electron chi connectivity index (χ3n) is 4.99. The highest BCUT2D eigenvalue weighted by atomic mass is 16.4. The standard InChI is InChI=1S/C20H41NO2/c1-3-5-6-7-8-10-13-19(14-11-9-12-15-21)16-18(4-2)17-20(22)23/h18-19H,3-17,21H2,1-2H3,(H,22,23). The van der Waals surface area contributed by atoms with E-state index in [1.165, 1.54) is 64.2 Å². The number of carboxylic acid groups (broad SMARTS) is 1. The number of carboxylic acids is 1. The lowest BCUT2D eigenvalue weighted by Gasteiger charge is -2.22. The highest BCUT2D eigenvalue weighted by molar-refractivity contribution is 5.66. The SMILES string of the molecule is CCCCCCCCC(CCCCCN)CC(CC)CC(=O)O. The van der Waals surface area contributed by atoms with Crippen molar-refractivity contribution in [2.24, 2.45) is 17.6 Å². The molecule has 3 nitrogen and oxygen atoms in total. The maximum absolute atomic E-state index is 11.0. The molecule has 0 aliphatic carbocycles. The lowest BCUT2D eigenvalue weighted by molar-refractivity contribution is -0.138. The average molecular weight is 328 g/mol. The molecule has 0 heterocycles. The molecule has 3 heteroatoms. The summed E-state index contributed by atoms with van der Waals surface area (Å²) < 4.78 is 0. The van der Waals surface area contributed by atoms with Gasteiger partial charge in [0.1, 0.15) is 0 Å². The van der Waals surface area contributed by atoms with Crippen molar-refractivity contribution in [3.05, 3.63) is 0 Å². The van der Waals surface area contributed by atoms with Gasteiger partial charge in [0.05, 0.1) is 0 Å². The second kappa shape index (κ2) is 16.3. The molecular weight excluding hydrogens is 286 g/mol. The lowest BCUT2D eigenvalue weighted by Crippen LogP contribution is -2.13. The number of carbonyl (C=O) groups is 1. The molecule has 0 amide bonds. The minimum Gasteiger partial charge on any atom is -0.481 e. The van der Waals surface area contributed by atoms with Gasteiger partial charge in [-0.05, 0) is 31.2 Å². The van der Waals surface area contributed by atoms with E-state index in [0.29, 0.717) is 18.3 Å². The summed E-state index contributed by atoms with van der Waals surface area (Å²) in [5.41, 5.74) is 5.58. The molecule has 0 aromatic carbocycles. The summed E-state index contributed by atoms with van der Waals surface area (Å²) in [5, 5.41) is 9.06. The van der Waals surface area contributed by atoms with Crippen LogP contribution in [0.25, 0.3) is 0 Å². The average Bonchev–Trinajstić information content (AvgIpc) is 2.53. The Balaban J connectivity index is 4.12. The van der Waals surface area contributed by atoms with Gasteiger partial charge in [-0.15, -0.1) is 0 Å². The summed E-state index contributed by atoms with van der Waals surface area (Å²) in [6, 6.07) is 0. The van der Waals surface area contributed by atoms with Crippen molar-refractivity contribution in [2.45, 2.75) is 104 Å². The highest BCUT2D eigenvalue weighted by Crippen LogP contribution is 2.28. The normalized spacial score (nSPS) is 13.9. The molecule has 0 saturated carbocycles. The Labute approximate surface area is 144 Å². The first-order valence-electron chi connectivity index (χ1n) is 10.1. The van der Waals surface area contributed by atoms with Gasteiger partial charge in [-0.3, -0.25) is 4.79 Å².